The summed E-state index contributed by atoms with van der Waals surface area (Å²) in [6.07, 6.45) is 2.23. The molecule has 2 heterocycles. The Morgan fingerprint density at radius 1 is 0.951 bits per heavy atom. The first kappa shape index (κ1) is 27.0. The fraction of sp³-hybridized carbons (Fsp3) is 0.323. The third-order valence-electron chi connectivity index (χ3n) is 7.94. The van der Waals surface area contributed by atoms with E-state index >= 15 is 0 Å². The smallest absolute Gasteiger partial charge is 0.411 e. The van der Waals surface area contributed by atoms with E-state index in [1.165, 1.54) is 6.07 Å². The molecule has 0 radical (unpaired) electrons. The molecule has 3 aromatic carbocycles. The highest BCUT2D eigenvalue weighted by Gasteiger charge is 2.42. The number of benzene rings is 3. The second-order valence-corrected chi connectivity index (χ2v) is 11.9. The van der Waals surface area contributed by atoms with Gasteiger partial charge in [-0.3, -0.25) is 10.1 Å². The number of phenols is 1. The molecule has 3 atom stereocenters. The van der Waals surface area contributed by atoms with Gasteiger partial charge in [-0.1, -0.05) is 55.0 Å². The van der Waals surface area contributed by atoms with Crippen molar-refractivity contribution in [3.8, 4) is 16.9 Å². The van der Waals surface area contributed by atoms with Crippen molar-refractivity contribution in [1.29, 1.82) is 0 Å². The molecule has 3 aromatic rings. The van der Waals surface area contributed by atoms with E-state index in [0.717, 1.165) is 40.8 Å². The van der Waals surface area contributed by atoms with E-state index in [1.807, 2.05) is 36.0 Å². The van der Waals surface area contributed by atoms with Gasteiger partial charge in [0.1, 0.15) is 12.4 Å². The maximum atomic E-state index is 12.6. The Bertz CT molecular complexity index is 1430. The predicted octanol–water partition coefficient (Wildman–Crippen LogP) is 5.42. The molecule has 4 amide bonds. The van der Waals surface area contributed by atoms with Crippen molar-refractivity contribution in [2.24, 2.45) is 0 Å². The molecule has 0 saturated carbocycles. The lowest BCUT2D eigenvalue weighted by Gasteiger charge is -2.16. The normalized spacial score (nSPS) is 20.4. The van der Waals surface area contributed by atoms with Gasteiger partial charge in [-0.2, -0.15) is 11.8 Å². The van der Waals surface area contributed by atoms with E-state index in [0.29, 0.717) is 23.8 Å². The van der Waals surface area contributed by atoms with Crippen LogP contribution in [0.4, 0.5) is 21.0 Å². The number of nitrogens with one attached hydrogen (secondary N) is 4. The number of ether oxygens (including phenoxy) is 1. The van der Waals surface area contributed by atoms with Crippen molar-refractivity contribution >= 4 is 41.2 Å². The standard InChI is InChI=1S/C31H32N4O5S/c36-26-15-18(32-31(39)40-16-23-21-9-3-1-7-19(21)20-8-2-4-10-22(20)23)13-14-24(26)33-28(37)12-6-5-11-27-29-25(17-41-27)34-30(38)35-29/h1-4,7-10,13-15,23,25,27,29,36H,5-6,11-12,16-17H2,(H,32,39)(H,33,37)(H2,34,35,38)/t25-,27+,29-/m1/s1. The first-order chi connectivity index (χ1) is 20.0. The maximum Gasteiger partial charge on any atom is 0.411 e. The van der Waals surface area contributed by atoms with Crippen LogP contribution in [0.25, 0.3) is 11.1 Å². The minimum Gasteiger partial charge on any atom is -0.506 e. The fourth-order valence-electron chi connectivity index (χ4n) is 5.95. The van der Waals surface area contributed by atoms with Gasteiger partial charge in [0, 0.05) is 35.1 Å². The minimum absolute atomic E-state index is 0.0476. The quantitative estimate of drug-likeness (QED) is 0.132. The molecule has 0 unspecified atom stereocenters. The van der Waals surface area contributed by atoms with Crippen LogP contribution in [0.2, 0.25) is 0 Å². The molecular formula is C31H32N4O5S. The number of amides is 4. The Balaban J connectivity index is 0.954. The molecule has 2 aliphatic heterocycles. The van der Waals surface area contributed by atoms with Crippen LogP contribution < -0.4 is 21.3 Å². The van der Waals surface area contributed by atoms with Crippen LogP contribution in [0.1, 0.15) is 42.7 Å². The van der Waals surface area contributed by atoms with E-state index < -0.39 is 6.09 Å². The van der Waals surface area contributed by atoms with Crippen molar-refractivity contribution in [3.63, 3.8) is 0 Å². The molecule has 2 saturated heterocycles. The monoisotopic (exact) mass is 572 g/mol. The third-order valence-corrected chi connectivity index (χ3v) is 9.45. The number of hydrogen-bond acceptors (Lipinski definition) is 6. The molecule has 2 fully saturated rings. The van der Waals surface area contributed by atoms with Crippen molar-refractivity contribution in [1.82, 2.24) is 10.6 Å². The second kappa shape index (κ2) is 11.7. The Morgan fingerprint density at radius 3 is 2.41 bits per heavy atom. The van der Waals surface area contributed by atoms with Gasteiger partial charge in [0.25, 0.3) is 0 Å². The number of rotatable bonds is 9. The summed E-state index contributed by atoms with van der Waals surface area (Å²) in [5.41, 5.74) is 5.21. The Hall–Kier alpha value is -4.18. The summed E-state index contributed by atoms with van der Waals surface area (Å²) in [6, 6.07) is 21.1. The fourth-order valence-corrected chi connectivity index (χ4v) is 7.50. The first-order valence-electron chi connectivity index (χ1n) is 13.9. The molecule has 6 rings (SSSR count). The number of thioether (sulfide) groups is 1. The van der Waals surface area contributed by atoms with Crippen molar-refractivity contribution in [2.45, 2.75) is 48.9 Å². The number of fused-ring (bicyclic) bond motifs is 4. The van der Waals surface area contributed by atoms with Crippen LogP contribution >= 0.6 is 11.8 Å². The lowest BCUT2D eigenvalue weighted by Crippen LogP contribution is -2.36. The topological polar surface area (TPSA) is 129 Å². The Labute approximate surface area is 242 Å². The van der Waals surface area contributed by atoms with Crippen LogP contribution in [0, 0.1) is 0 Å². The number of carbonyl (C=O) groups excluding carboxylic acids is 3. The van der Waals surface area contributed by atoms with Gasteiger partial charge in [0.05, 0.1) is 17.8 Å². The molecule has 0 spiro atoms. The number of urea groups is 1. The average Bonchev–Trinajstić information content (AvgIpc) is 3.62. The summed E-state index contributed by atoms with van der Waals surface area (Å²) in [6.45, 7) is 0.187. The first-order valence-corrected chi connectivity index (χ1v) is 14.9. The largest absolute Gasteiger partial charge is 0.506 e. The SMILES string of the molecule is O=C(CCCC[C@@H]1SC[C@H]2NC(=O)N[C@@H]12)Nc1ccc(NC(=O)OCC2c3ccccc3-c3ccccc32)cc1O. The second-order valence-electron chi connectivity index (χ2n) is 10.6. The summed E-state index contributed by atoms with van der Waals surface area (Å²) in [4.78, 5) is 36.5. The maximum absolute atomic E-state index is 12.6. The molecule has 0 bridgehead atoms. The van der Waals surface area contributed by atoms with Crippen LogP contribution in [0.3, 0.4) is 0 Å². The van der Waals surface area contributed by atoms with Gasteiger partial charge < -0.3 is 25.8 Å². The van der Waals surface area contributed by atoms with Crippen molar-refractivity contribution in [2.75, 3.05) is 23.0 Å². The molecule has 0 aromatic heterocycles. The highest BCUT2D eigenvalue weighted by Crippen LogP contribution is 2.44. The molecule has 1 aliphatic carbocycles. The zero-order valence-electron chi connectivity index (χ0n) is 22.4. The van der Waals surface area contributed by atoms with Gasteiger partial charge in [-0.25, -0.2) is 9.59 Å². The van der Waals surface area contributed by atoms with Gasteiger partial charge in [-0.05, 0) is 47.2 Å². The zero-order valence-corrected chi connectivity index (χ0v) is 23.2. The molecule has 5 N–H and O–H groups in total. The summed E-state index contributed by atoms with van der Waals surface area (Å²) in [5, 5.41) is 22.1. The lowest BCUT2D eigenvalue weighted by molar-refractivity contribution is -0.116. The average molecular weight is 573 g/mol. The zero-order chi connectivity index (χ0) is 28.3. The van der Waals surface area contributed by atoms with E-state index in [-0.39, 0.29) is 48.0 Å². The van der Waals surface area contributed by atoms with Crippen LogP contribution in [0.15, 0.2) is 66.7 Å². The van der Waals surface area contributed by atoms with Crippen molar-refractivity contribution in [3.05, 3.63) is 77.9 Å². The minimum atomic E-state index is -0.622. The predicted molar refractivity (Wildman–Crippen MR) is 159 cm³/mol. The number of phenolic OH excluding ortho intramolecular Hbond substituents is 1. The Kier molecular flexibility index (Phi) is 7.74. The molecular weight excluding hydrogens is 540 g/mol. The number of carbonyl (C=O) groups is 3. The number of unbranched alkanes of at least 4 members (excludes halogenated alkanes) is 1. The van der Waals surface area contributed by atoms with Crippen LogP contribution in [-0.2, 0) is 9.53 Å². The third kappa shape index (κ3) is 5.83. The molecule has 212 valence electrons. The van der Waals surface area contributed by atoms with E-state index in [1.54, 1.807) is 12.1 Å². The number of anilines is 2. The van der Waals surface area contributed by atoms with Crippen LogP contribution in [-0.4, -0.2) is 52.8 Å². The summed E-state index contributed by atoms with van der Waals surface area (Å²) in [5.74, 6) is 0.534. The number of hydrogen-bond donors (Lipinski definition) is 5. The highest BCUT2D eigenvalue weighted by atomic mass is 32.2. The number of aromatic hydroxyl groups is 1. The lowest BCUT2D eigenvalue weighted by atomic mass is 9.98. The van der Waals surface area contributed by atoms with Gasteiger partial charge in [0.2, 0.25) is 5.91 Å². The van der Waals surface area contributed by atoms with Gasteiger partial charge in [-0.15, -0.1) is 0 Å². The molecule has 3 aliphatic rings. The Morgan fingerprint density at radius 2 is 1.68 bits per heavy atom. The van der Waals surface area contributed by atoms with Gasteiger partial charge >= 0.3 is 12.1 Å². The van der Waals surface area contributed by atoms with Crippen molar-refractivity contribution < 1.29 is 24.2 Å². The molecule has 10 heteroatoms. The molecule has 41 heavy (non-hydrogen) atoms. The van der Waals surface area contributed by atoms with Crippen LogP contribution in [0.5, 0.6) is 5.75 Å². The van der Waals surface area contributed by atoms with E-state index in [4.69, 9.17) is 4.74 Å². The summed E-state index contributed by atoms with van der Waals surface area (Å²) < 4.78 is 5.57. The summed E-state index contributed by atoms with van der Waals surface area (Å²) in [7, 11) is 0. The highest BCUT2D eigenvalue weighted by molar-refractivity contribution is 8.00. The summed E-state index contributed by atoms with van der Waals surface area (Å²) >= 11 is 1.86. The molecule has 9 nitrogen and oxygen atoms in total. The van der Waals surface area contributed by atoms with E-state index in [9.17, 15) is 19.5 Å². The van der Waals surface area contributed by atoms with Gasteiger partial charge in [0.15, 0.2) is 0 Å². The van der Waals surface area contributed by atoms with E-state index in [2.05, 4.69) is 45.5 Å².